The van der Waals surface area contributed by atoms with Gasteiger partial charge in [-0.05, 0) is 19.3 Å². The average Bonchev–Trinajstić information content (AvgIpc) is 3.23. The molecule has 25 heavy (non-hydrogen) atoms. The molecule has 0 aromatic rings. The van der Waals surface area contributed by atoms with Gasteiger partial charge in [0.2, 0.25) is 17.7 Å². The zero-order valence-corrected chi connectivity index (χ0v) is 15.6. The minimum Gasteiger partial charge on any atom is -0.395 e. The van der Waals surface area contributed by atoms with Gasteiger partial charge in [-0.15, -0.1) is 11.8 Å². The van der Waals surface area contributed by atoms with E-state index in [2.05, 4.69) is 17.6 Å². The van der Waals surface area contributed by atoms with Crippen LogP contribution >= 0.6 is 11.8 Å². The van der Waals surface area contributed by atoms with Gasteiger partial charge in [-0.1, -0.05) is 13.3 Å². The molecule has 3 amide bonds. The monoisotopic (exact) mass is 369 g/mol. The number of aliphatic hydroxyl groups excluding tert-OH is 1. The Kier molecular flexibility index (Phi) is 5.29. The number of nitrogens with zero attached hydrogens (tertiary/aromatic N) is 1. The van der Waals surface area contributed by atoms with Gasteiger partial charge in [-0.3, -0.25) is 14.4 Å². The number of rotatable bonds is 7. The minimum atomic E-state index is -0.598. The first-order chi connectivity index (χ1) is 12.0. The molecule has 8 heteroatoms. The second-order valence-corrected chi connectivity index (χ2v) is 8.67. The molecule has 7 nitrogen and oxygen atoms in total. The summed E-state index contributed by atoms with van der Waals surface area (Å²) in [5, 5.41) is 15.1. The maximum absolute atomic E-state index is 13.1. The first-order valence-corrected chi connectivity index (χ1v) is 9.98. The van der Waals surface area contributed by atoms with Crippen molar-refractivity contribution >= 4 is 29.5 Å². The van der Waals surface area contributed by atoms with Crippen LogP contribution in [0.15, 0.2) is 0 Å². The molecule has 3 N–H and O–H groups in total. The topological polar surface area (TPSA) is 98.7 Å². The zero-order chi connectivity index (χ0) is 18.2. The van der Waals surface area contributed by atoms with Crippen LogP contribution in [0.25, 0.3) is 0 Å². The fourth-order valence-corrected chi connectivity index (χ4v) is 6.97. The largest absolute Gasteiger partial charge is 0.395 e. The lowest BCUT2D eigenvalue weighted by Crippen LogP contribution is -2.54. The molecule has 0 saturated carbocycles. The number of thioether (sulfide) groups is 1. The Balaban J connectivity index is 1.92. The molecule has 3 aliphatic rings. The Bertz CT molecular complexity index is 572. The summed E-state index contributed by atoms with van der Waals surface area (Å²) in [7, 11) is 1.59. The van der Waals surface area contributed by atoms with Crippen molar-refractivity contribution in [3.8, 4) is 0 Å². The van der Waals surface area contributed by atoms with E-state index in [-0.39, 0.29) is 42.0 Å². The lowest BCUT2D eigenvalue weighted by molar-refractivity contribution is -0.140. The zero-order valence-electron chi connectivity index (χ0n) is 14.8. The summed E-state index contributed by atoms with van der Waals surface area (Å²) in [4.78, 5) is 39.9. The summed E-state index contributed by atoms with van der Waals surface area (Å²) in [5.41, 5.74) is 0. The summed E-state index contributed by atoms with van der Waals surface area (Å²) in [6.07, 6.45) is 3.48. The van der Waals surface area contributed by atoms with E-state index < -0.39 is 16.7 Å². The number of aliphatic hydroxyl groups is 1. The number of carbonyl (C=O) groups is 3. The molecule has 3 fully saturated rings. The fraction of sp³-hybridized carbons (Fsp3) is 0.824. The third-order valence-corrected chi connectivity index (χ3v) is 7.72. The second kappa shape index (κ2) is 7.15. The van der Waals surface area contributed by atoms with Crippen molar-refractivity contribution in [3.63, 3.8) is 0 Å². The highest BCUT2D eigenvalue weighted by Crippen LogP contribution is 2.66. The van der Waals surface area contributed by atoms with Crippen LogP contribution in [-0.4, -0.2) is 70.5 Å². The number of carbonyl (C=O) groups excluding carboxylic acids is 3. The van der Waals surface area contributed by atoms with E-state index in [9.17, 15) is 19.5 Å². The van der Waals surface area contributed by atoms with Gasteiger partial charge in [-0.25, -0.2) is 0 Å². The van der Waals surface area contributed by atoms with Gasteiger partial charge in [-0.2, -0.15) is 0 Å². The highest BCUT2D eigenvalue weighted by molar-refractivity contribution is 8.02. The lowest BCUT2D eigenvalue weighted by Gasteiger charge is -2.34. The van der Waals surface area contributed by atoms with Gasteiger partial charge in [0.25, 0.3) is 0 Å². The van der Waals surface area contributed by atoms with E-state index in [1.165, 1.54) is 4.90 Å². The van der Waals surface area contributed by atoms with Crippen LogP contribution in [0, 0.1) is 11.8 Å². The molecule has 140 valence electrons. The number of hydrogen-bond acceptors (Lipinski definition) is 5. The Morgan fingerprint density at radius 2 is 2.16 bits per heavy atom. The predicted octanol–water partition coefficient (Wildman–Crippen LogP) is -0.268. The number of amides is 3. The summed E-state index contributed by atoms with van der Waals surface area (Å²) < 4.78 is -0.537. The van der Waals surface area contributed by atoms with Crippen molar-refractivity contribution in [1.29, 1.82) is 0 Å². The van der Waals surface area contributed by atoms with Crippen molar-refractivity contribution < 1.29 is 19.5 Å². The highest BCUT2D eigenvalue weighted by Gasteiger charge is 2.73. The van der Waals surface area contributed by atoms with Gasteiger partial charge in [0.1, 0.15) is 6.04 Å². The molecule has 0 radical (unpaired) electrons. The van der Waals surface area contributed by atoms with Crippen LogP contribution < -0.4 is 10.6 Å². The number of likely N-dealkylation sites (tertiary alicyclic amines) is 1. The normalized spacial score (nSPS) is 35.8. The molecule has 0 aliphatic carbocycles. The molecule has 2 unspecified atom stereocenters. The molecule has 3 rings (SSSR count). The maximum atomic E-state index is 13.1. The van der Waals surface area contributed by atoms with E-state index in [4.69, 9.17) is 0 Å². The van der Waals surface area contributed by atoms with Crippen molar-refractivity contribution in [1.82, 2.24) is 15.5 Å². The summed E-state index contributed by atoms with van der Waals surface area (Å²) in [5.74, 6) is -1.28. The van der Waals surface area contributed by atoms with Gasteiger partial charge >= 0.3 is 0 Å². The van der Waals surface area contributed by atoms with Gasteiger partial charge in [0.15, 0.2) is 0 Å². The number of nitrogens with one attached hydrogen (secondary N) is 2. The molecule has 2 bridgehead atoms. The number of unbranched alkanes of at least 4 members (excludes halogenated alkanes) is 1. The Labute approximate surface area is 152 Å². The SMILES string of the molecule is CCCCNC(=O)C1N(CCO)C(=O)[C@@H]2[C@H](C(=O)NC)[C@@H]3CCC12S3. The predicted molar refractivity (Wildman–Crippen MR) is 94.9 cm³/mol. The molecule has 5 atom stereocenters. The van der Waals surface area contributed by atoms with Gasteiger partial charge in [0, 0.05) is 25.4 Å². The van der Waals surface area contributed by atoms with Crippen LogP contribution in [-0.2, 0) is 14.4 Å². The fourth-order valence-electron chi connectivity index (χ4n) is 4.75. The molecule has 3 heterocycles. The van der Waals surface area contributed by atoms with E-state index in [0.717, 1.165) is 25.7 Å². The first kappa shape index (κ1) is 18.5. The standard InChI is InChI=1S/C17H27N3O4S/c1-3-4-7-19-15(23)13-17-6-5-10(25-17)11(14(22)18-2)12(17)16(24)20(13)8-9-21/h10-13,21H,3-9H2,1-2H3,(H,18,22)(H,19,23)/t10-,11+,12-,13?,17?/m0/s1. The van der Waals surface area contributed by atoms with Crippen LogP contribution in [0.5, 0.6) is 0 Å². The summed E-state index contributed by atoms with van der Waals surface area (Å²) in [6, 6.07) is -0.598. The smallest absolute Gasteiger partial charge is 0.244 e. The summed E-state index contributed by atoms with van der Waals surface area (Å²) >= 11 is 1.64. The van der Waals surface area contributed by atoms with Crippen LogP contribution in [0.3, 0.4) is 0 Å². The highest BCUT2D eigenvalue weighted by atomic mass is 32.2. The second-order valence-electron chi connectivity index (χ2n) is 7.07. The van der Waals surface area contributed by atoms with Crippen LogP contribution in [0.1, 0.15) is 32.6 Å². The van der Waals surface area contributed by atoms with Crippen molar-refractivity contribution in [2.45, 2.75) is 48.6 Å². The molecule has 3 saturated heterocycles. The lowest BCUT2D eigenvalue weighted by atomic mass is 9.71. The Hall–Kier alpha value is -1.28. The number of hydrogen-bond donors (Lipinski definition) is 3. The van der Waals surface area contributed by atoms with E-state index >= 15 is 0 Å². The number of fused-ring (bicyclic) bond motifs is 1. The third-order valence-electron chi connectivity index (χ3n) is 5.77. The Morgan fingerprint density at radius 1 is 1.40 bits per heavy atom. The quantitative estimate of drug-likeness (QED) is 0.537. The van der Waals surface area contributed by atoms with Crippen molar-refractivity contribution in [3.05, 3.63) is 0 Å². The molecule has 1 spiro atoms. The van der Waals surface area contributed by atoms with Crippen molar-refractivity contribution in [2.24, 2.45) is 11.8 Å². The van der Waals surface area contributed by atoms with Gasteiger partial charge in [0.05, 0.1) is 23.2 Å². The van der Waals surface area contributed by atoms with Crippen LogP contribution in [0.4, 0.5) is 0 Å². The maximum Gasteiger partial charge on any atom is 0.244 e. The molecular formula is C17H27N3O4S. The number of β-amino-alcohol motifs (C(OH)–C–C–N with tert-alkyl or cyclic N) is 1. The minimum absolute atomic E-state index is 0.0936. The molecule has 3 aliphatic heterocycles. The van der Waals surface area contributed by atoms with Crippen molar-refractivity contribution in [2.75, 3.05) is 26.7 Å². The molecule has 0 aromatic heterocycles. The van der Waals surface area contributed by atoms with Gasteiger partial charge < -0.3 is 20.6 Å². The summed E-state index contributed by atoms with van der Waals surface area (Å²) in [6.45, 7) is 2.59. The van der Waals surface area contributed by atoms with E-state index in [0.29, 0.717) is 6.54 Å². The first-order valence-electron chi connectivity index (χ1n) is 9.10. The average molecular weight is 369 g/mol. The van der Waals surface area contributed by atoms with E-state index in [1.54, 1.807) is 18.8 Å². The molecule has 0 aromatic carbocycles. The molecular weight excluding hydrogens is 342 g/mol. The third kappa shape index (κ3) is 2.73. The van der Waals surface area contributed by atoms with E-state index in [1.807, 2.05) is 0 Å². The van der Waals surface area contributed by atoms with Crippen LogP contribution in [0.2, 0.25) is 0 Å². The Morgan fingerprint density at radius 3 is 2.80 bits per heavy atom.